The highest BCUT2D eigenvalue weighted by molar-refractivity contribution is 14.1. The Morgan fingerprint density at radius 3 is 2.58 bits per heavy atom. The molecule has 0 atom stereocenters. The molecule has 2 N–H and O–H groups in total. The van der Waals surface area contributed by atoms with Crippen LogP contribution in [0.1, 0.15) is 15.9 Å². The van der Waals surface area contributed by atoms with Crippen molar-refractivity contribution in [1.82, 2.24) is 10.3 Å². The van der Waals surface area contributed by atoms with Crippen LogP contribution < -0.4 is 10.6 Å². The number of nitrogens with one attached hydrogen (secondary N) is 2. The summed E-state index contributed by atoms with van der Waals surface area (Å²) in [4.78, 5) is 15.6. The molecule has 1 amide bonds. The topological polar surface area (TPSA) is 54.0 Å². The van der Waals surface area contributed by atoms with E-state index in [0.29, 0.717) is 11.8 Å². The Balaban J connectivity index is 1.87. The van der Waals surface area contributed by atoms with E-state index in [1.807, 2.05) is 12.1 Å². The number of pyridine rings is 1. The van der Waals surface area contributed by atoms with Crippen LogP contribution in [-0.4, -0.2) is 24.0 Å². The van der Waals surface area contributed by atoms with E-state index in [2.05, 4.69) is 38.2 Å². The highest BCUT2D eigenvalue weighted by Gasteiger charge is 2.31. The van der Waals surface area contributed by atoms with E-state index < -0.39 is 11.7 Å². The average molecular weight is 470 g/mol. The smallest absolute Gasteiger partial charge is 0.367 e. The number of benzene rings is 1. The Bertz CT molecular complexity index is 740. The molecule has 0 saturated heterocycles. The summed E-state index contributed by atoms with van der Waals surface area (Å²) in [5.41, 5.74) is -0.353. The number of carbonyl (C=O) groups is 1. The number of amides is 1. The molecule has 0 spiro atoms. The zero-order chi connectivity index (χ0) is 17.7. The summed E-state index contributed by atoms with van der Waals surface area (Å²) in [6, 6.07) is 7.93. The Labute approximate surface area is 154 Å². The van der Waals surface area contributed by atoms with E-state index in [4.69, 9.17) is 11.6 Å². The molecule has 0 radical (unpaired) electrons. The number of alkyl halides is 3. The van der Waals surface area contributed by atoms with Crippen molar-refractivity contribution in [3.05, 3.63) is 56.2 Å². The molecule has 2 aromatic rings. The number of hydrogen-bond acceptors (Lipinski definition) is 3. The molecular weight excluding hydrogens is 458 g/mol. The number of rotatable bonds is 5. The van der Waals surface area contributed by atoms with Crippen molar-refractivity contribution in [2.75, 3.05) is 18.4 Å². The first-order valence-electron chi connectivity index (χ1n) is 6.78. The number of nitrogens with zero attached hydrogens (tertiary/aromatic N) is 1. The zero-order valence-corrected chi connectivity index (χ0v) is 15.0. The van der Waals surface area contributed by atoms with Gasteiger partial charge in [-0.3, -0.25) is 4.79 Å². The molecule has 0 unspecified atom stereocenters. The van der Waals surface area contributed by atoms with Crippen LogP contribution in [0.3, 0.4) is 0 Å². The molecule has 4 nitrogen and oxygen atoms in total. The van der Waals surface area contributed by atoms with Crippen LogP contribution in [0.4, 0.5) is 19.0 Å². The summed E-state index contributed by atoms with van der Waals surface area (Å²) in [5.74, 6) is -0.0958. The van der Waals surface area contributed by atoms with Gasteiger partial charge in [0.05, 0.1) is 16.1 Å². The van der Waals surface area contributed by atoms with Gasteiger partial charge in [-0.25, -0.2) is 4.98 Å². The first-order valence-corrected chi connectivity index (χ1v) is 8.24. The maximum atomic E-state index is 12.5. The lowest BCUT2D eigenvalue weighted by Crippen LogP contribution is -2.29. The predicted molar refractivity (Wildman–Crippen MR) is 94.2 cm³/mol. The van der Waals surface area contributed by atoms with Crippen molar-refractivity contribution in [3.8, 4) is 0 Å². The third kappa shape index (κ3) is 4.97. The molecule has 0 aliphatic heterocycles. The van der Waals surface area contributed by atoms with Gasteiger partial charge in [-0.15, -0.1) is 0 Å². The normalized spacial score (nSPS) is 11.2. The van der Waals surface area contributed by atoms with Crippen molar-refractivity contribution < 1.29 is 18.0 Å². The molecule has 0 aliphatic carbocycles. The molecule has 1 aromatic carbocycles. The quantitative estimate of drug-likeness (QED) is 0.510. The third-order valence-electron chi connectivity index (χ3n) is 2.99. The first kappa shape index (κ1) is 18.8. The van der Waals surface area contributed by atoms with Gasteiger partial charge >= 0.3 is 6.18 Å². The molecule has 128 valence electrons. The lowest BCUT2D eigenvalue weighted by atomic mass is 10.2. The summed E-state index contributed by atoms with van der Waals surface area (Å²) in [5, 5.41) is 5.36. The molecule has 0 aliphatic rings. The number of aromatic nitrogens is 1. The summed E-state index contributed by atoms with van der Waals surface area (Å²) >= 11 is 7.84. The van der Waals surface area contributed by atoms with E-state index in [-0.39, 0.29) is 29.8 Å². The van der Waals surface area contributed by atoms with Crippen LogP contribution in [0.15, 0.2) is 36.5 Å². The largest absolute Gasteiger partial charge is 0.417 e. The Kier molecular flexibility index (Phi) is 6.27. The number of anilines is 1. The fraction of sp³-hybridized carbons (Fsp3) is 0.200. The molecule has 2 rings (SSSR count). The van der Waals surface area contributed by atoms with Crippen LogP contribution in [-0.2, 0) is 6.18 Å². The fourth-order valence-corrected chi connectivity index (χ4v) is 2.69. The predicted octanol–water partition coefficient (Wildman–Crippen LogP) is 4.20. The van der Waals surface area contributed by atoms with Gasteiger partial charge < -0.3 is 10.6 Å². The lowest BCUT2D eigenvalue weighted by Gasteiger charge is -2.11. The molecule has 0 saturated carbocycles. The first-order chi connectivity index (χ1) is 11.3. The van der Waals surface area contributed by atoms with Crippen LogP contribution in [0.2, 0.25) is 5.02 Å². The van der Waals surface area contributed by atoms with Gasteiger partial charge in [-0.05, 0) is 40.8 Å². The minimum Gasteiger partial charge on any atom is -0.367 e. The lowest BCUT2D eigenvalue weighted by molar-refractivity contribution is -0.137. The molecule has 0 bridgehead atoms. The molecular formula is C15H12ClF3IN3O. The van der Waals surface area contributed by atoms with E-state index in [1.54, 1.807) is 12.1 Å². The second-order valence-electron chi connectivity index (χ2n) is 4.71. The van der Waals surface area contributed by atoms with Gasteiger partial charge in [0, 0.05) is 22.9 Å². The minimum absolute atomic E-state index is 0.131. The number of halogens is 5. The molecule has 9 heteroatoms. The molecule has 24 heavy (non-hydrogen) atoms. The van der Waals surface area contributed by atoms with Crippen LogP contribution in [0, 0.1) is 3.57 Å². The maximum absolute atomic E-state index is 12.5. The SMILES string of the molecule is O=C(NCCNc1ncc(C(F)(F)F)cc1Cl)c1ccccc1I. The van der Waals surface area contributed by atoms with Crippen molar-refractivity contribution in [2.45, 2.75) is 6.18 Å². The van der Waals surface area contributed by atoms with Gasteiger partial charge in [0.25, 0.3) is 5.91 Å². The second-order valence-corrected chi connectivity index (χ2v) is 6.28. The summed E-state index contributed by atoms with van der Waals surface area (Å²) in [7, 11) is 0. The highest BCUT2D eigenvalue weighted by Crippen LogP contribution is 2.32. The van der Waals surface area contributed by atoms with E-state index in [0.717, 1.165) is 9.64 Å². The monoisotopic (exact) mass is 469 g/mol. The highest BCUT2D eigenvalue weighted by atomic mass is 127. The number of carbonyl (C=O) groups excluding carboxylic acids is 1. The van der Waals surface area contributed by atoms with E-state index in [1.165, 1.54) is 0 Å². The van der Waals surface area contributed by atoms with Crippen molar-refractivity contribution in [1.29, 1.82) is 0 Å². The maximum Gasteiger partial charge on any atom is 0.417 e. The molecule has 1 aromatic heterocycles. The summed E-state index contributed by atoms with van der Waals surface area (Å²) < 4.78 is 38.4. The third-order valence-corrected chi connectivity index (χ3v) is 4.22. The molecule has 0 fully saturated rings. The summed E-state index contributed by atoms with van der Waals surface area (Å²) in [6.45, 7) is 0.538. The fourth-order valence-electron chi connectivity index (χ4n) is 1.82. The Morgan fingerprint density at radius 2 is 1.96 bits per heavy atom. The Morgan fingerprint density at radius 1 is 1.25 bits per heavy atom. The van der Waals surface area contributed by atoms with E-state index in [9.17, 15) is 18.0 Å². The molecule has 1 heterocycles. The van der Waals surface area contributed by atoms with Gasteiger partial charge in [0.2, 0.25) is 0 Å². The van der Waals surface area contributed by atoms with Crippen LogP contribution in [0.25, 0.3) is 0 Å². The standard InChI is InChI=1S/C15H12ClF3IN3O/c16-11-7-9(15(17,18)19)8-23-13(11)21-5-6-22-14(24)10-3-1-2-4-12(10)20/h1-4,7-8H,5-6H2,(H,21,23)(H,22,24). The van der Waals surface area contributed by atoms with Gasteiger partial charge in [-0.2, -0.15) is 13.2 Å². The zero-order valence-electron chi connectivity index (χ0n) is 12.1. The van der Waals surface area contributed by atoms with Crippen LogP contribution >= 0.6 is 34.2 Å². The number of hydrogen-bond donors (Lipinski definition) is 2. The minimum atomic E-state index is -4.49. The van der Waals surface area contributed by atoms with Gasteiger partial charge in [0.1, 0.15) is 5.82 Å². The van der Waals surface area contributed by atoms with Crippen molar-refractivity contribution in [2.24, 2.45) is 0 Å². The van der Waals surface area contributed by atoms with Gasteiger partial charge in [-0.1, -0.05) is 23.7 Å². The summed E-state index contributed by atoms with van der Waals surface area (Å²) in [6.07, 6.45) is -3.78. The Hall–Kier alpha value is -1.55. The van der Waals surface area contributed by atoms with Gasteiger partial charge in [0.15, 0.2) is 0 Å². The average Bonchev–Trinajstić information content (AvgIpc) is 2.52. The van der Waals surface area contributed by atoms with E-state index >= 15 is 0 Å². The van der Waals surface area contributed by atoms with Crippen LogP contribution in [0.5, 0.6) is 0 Å². The van der Waals surface area contributed by atoms with Crippen molar-refractivity contribution in [3.63, 3.8) is 0 Å². The van der Waals surface area contributed by atoms with Crippen molar-refractivity contribution >= 4 is 45.9 Å². The second kappa shape index (κ2) is 8.02.